The van der Waals surface area contributed by atoms with Crippen LogP contribution in [0.4, 0.5) is 5.82 Å². The lowest BCUT2D eigenvalue weighted by molar-refractivity contribution is 0.466. The first-order chi connectivity index (χ1) is 15.0. The molecule has 4 aromatic rings. The fourth-order valence-electron chi connectivity index (χ4n) is 3.66. The van der Waals surface area contributed by atoms with Gasteiger partial charge in [0.15, 0.2) is 17.3 Å². The van der Waals surface area contributed by atoms with Gasteiger partial charge in [0.05, 0.1) is 5.75 Å². The van der Waals surface area contributed by atoms with E-state index in [9.17, 15) is 14.2 Å². The molecule has 0 aromatic carbocycles. The van der Waals surface area contributed by atoms with Gasteiger partial charge in [-0.1, -0.05) is 6.07 Å². The Bertz CT molecular complexity index is 1230. The number of aromatic amines is 1. The molecule has 11 heteroatoms. The summed E-state index contributed by atoms with van der Waals surface area (Å²) in [6.07, 6.45) is 5.26. The van der Waals surface area contributed by atoms with Crippen molar-refractivity contribution in [1.82, 2.24) is 30.1 Å². The number of aromatic nitrogens is 6. The summed E-state index contributed by atoms with van der Waals surface area (Å²) in [5.74, 6) is 1.25. The molecule has 1 fully saturated rings. The van der Waals surface area contributed by atoms with Gasteiger partial charge in [-0.2, -0.15) is 5.10 Å². The number of hydrogen-bond donors (Lipinski definition) is 4. The molecule has 0 atom stereocenters. The van der Waals surface area contributed by atoms with E-state index in [0.29, 0.717) is 35.5 Å². The Morgan fingerprint density at radius 3 is 2.71 bits per heavy atom. The van der Waals surface area contributed by atoms with E-state index >= 15 is 0 Å². The largest absolute Gasteiger partial charge is 0.504 e. The smallest absolute Gasteiger partial charge is 0.203 e. The van der Waals surface area contributed by atoms with Crippen molar-refractivity contribution in [2.45, 2.75) is 19.3 Å². The molecule has 0 radical (unpaired) electrons. The maximum absolute atomic E-state index is 10.9. The Morgan fingerprint density at radius 2 is 1.90 bits per heavy atom. The van der Waals surface area contributed by atoms with Crippen molar-refractivity contribution in [2.24, 2.45) is 0 Å². The van der Waals surface area contributed by atoms with E-state index in [1.54, 1.807) is 24.5 Å². The van der Waals surface area contributed by atoms with Gasteiger partial charge in [0.25, 0.3) is 0 Å². The second-order valence-electron chi connectivity index (χ2n) is 7.28. The quantitative estimate of drug-likeness (QED) is 0.376. The molecule has 10 nitrogen and oxygen atoms in total. The van der Waals surface area contributed by atoms with Crippen LogP contribution in [-0.2, 0) is 6.42 Å². The molecule has 0 amide bonds. The molecule has 0 saturated carbocycles. The molecule has 5 heterocycles. The summed E-state index contributed by atoms with van der Waals surface area (Å²) in [6.45, 7) is 0.447. The predicted molar refractivity (Wildman–Crippen MR) is 118 cm³/mol. The molecule has 1 aliphatic rings. The highest BCUT2D eigenvalue weighted by Gasteiger charge is 2.31. The van der Waals surface area contributed by atoms with Crippen molar-refractivity contribution in [3.05, 3.63) is 54.2 Å². The molecule has 0 aliphatic carbocycles. The van der Waals surface area contributed by atoms with Crippen molar-refractivity contribution in [3.63, 3.8) is 0 Å². The molecule has 0 spiro atoms. The van der Waals surface area contributed by atoms with E-state index in [4.69, 9.17) is 0 Å². The number of pyridine rings is 3. The fraction of sp³-hybridized carbons (Fsp3) is 0.250. The Labute approximate surface area is 179 Å². The molecule has 4 aromatic heterocycles. The van der Waals surface area contributed by atoms with Crippen molar-refractivity contribution in [1.29, 1.82) is 0 Å². The summed E-state index contributed by atoms with van der Waals surface area (Å²) in [5, 5.41) is 18.5. The second-order valence-corrected chi connectivity index (χ2v) is 9.39. The highest BCUT2D eigenvalue weighted by Crippen LogP contribution is 2.51. The molecular formula is C20H21N7O3S. The van der Waals surface area contributed by atoms with Crippen molar-refractivity contribution in [2.75, 3.05) is 16.6 Å². The number of rotatable bonds is 4. The number of aromatic hydroxyl groups is 1. The molecule has 160 valence electrons. The van der Waals surface area contributed by atoms with Crippen molar-refractivity contribution >= 4 is 27.5 Å². The first-order valence-corrected chi connectivity index (χ1v) is 11.5. The molecule has 5 rings (SSSR count). The maximum atomic E-state index is 10.9. The van der Waals surface area contributed by atoms with Gasteiger partial charge in [0.2, 0.25) is 5.82 Å². The second kappa shape index (κ2) is 7.76. The van der Waals surface area contributed by atoms with Gasteiger partial charge < -0.3 is 5.11 Å². The highest BCUT2D eigenvalue weighted by atomic mass is 32.3. The third-order valence-electron chi connectivity index (χ3n) is 5.15. The van der Waals surface area contributed by atoms with Gasteiger partial charge in [-0.25, -0.2) is 9.97 Å². The van der Waals surface area contributed by atoms with E-state index in [0.717, 1.165) is 18.5 Å². The van der Waals surface area contributed by atoms with Crippen LogP contribution in [0.3, 0.4) is 0 Å². The van der Waals surface area contributed by atoms with Crippen LogP contribution in [0.15, 0.2) is 42.7 Å². The van der Waals surface area contributed by atoms with Crippen LogP contribution < -0.4 is 4.31 Å². The Balaban J connectivity index is 1.61. The van der Waals surface area contributed by atoms with Gasteiger partial charge in [-0.15, -0.1) is 10.8 Å². The molecule has 31 heavy (non-hydrogen) atoms. The summed E-state index contributed by atoms with van der Waals surface area (Å²) >= 11 is 0. The van der Waals surface area contributed by atoms with Crippen molar-refractivity contribution in [3.8, 4) is 17.3 Å². The van der Waals surface area contributed by atoms with Crippen LogP contribution in [0.5, 0.6) is 5.75 Å². The van der Waals surface area contributed by atoms with Gasteiger partial charge in [0.1, 0.15) is 11.3 Å². The number of nitrogens with one attached hydrogen (secondary N) is 1. The molecule has 4 N–H and O–H groups in total. The monoisotopic (exact) mass is 439 g/mol. The topological polar surface area (TPSA) is 144 Å². The predicted octanol–water partition coefficient (Wildman–Crippen LogP) is 3.37. The van der Waals surface area contributed by atoms with E-state index in [2.05, 4.69) is 30.1 Å². The minimum absolute atomic E-state index is 0.130. The van der Waals surface area contributed by atoms with Gasteiger partial charge in [0, 0.05) is 36.4 Å². The van der Waals surface area contributed by atoms with Gasteiger partial charge >= 0.3 is 0 Å². The maximum Gasteiger partial charge on any atom is 0.203 e. The van der Waals surface area contributed by atoms with Crippen LogP contribution in [0, 0.1) is 0 Å². The number of hydrogen-bond acceptors (Lipinski definition) is 9. The number of nitrogens with zero attached hydrogens (tertiary/aromatic N) is 6. The zero-order chi connectivity index (χ0) is 21.4. The zero-order valence-electron chi connectivity index (χ0n) is 16.5. The summed E-state index contributed by atoms with van der Waals surface area (Å²) in [5.41, 5.74) is 1.26. The third kappa shape index (κ3) is 3.67. The number of H-pyrrole nitrogens is 1. The van der Waals surface area contributed by atoms with E-state index in [-0.39, 0.29) is 23.0 Å². The minimum Gasteiger partial charge on any atom is -0.504 e. The summed E-state index contributed by atoms with van der Waals surface area (Å²) < 4.78 is 22.8. The summed E-state index contributed by atoms with van der Waals surface area (Å²) in [7, 11) is -3.01. The standard InChI is InChI=1S/C20H21N7O3S/c28-18-16-14(7-5-9-22-16)20(27-10-3-4-11-31(27,29)30)24-17(18)19-23-15(25-26-19)12-13-6-1-2-8-21-13/h1-2,5-9,28-30H,3-4,10-12H2,(H,23,25,26). The Morgan fingerprint density at radius 1 is 1.03 bits per heavy atom. The van der Waals surface area contributed by atoms with Crippen LogP contribution in [0.25, 0.3) is 22.4 Å². The van der Waals surface area contributed by atoms with Gasteiger partial charge in [-0.05, 0) is 37.1 Å². The van der Waals surface area contributed by atoms with E-state index in [1.165, 1.54) is 4.31 Å². The average Bonchev–Trinajstić information content (AvgIpc) is 3.23. The van der Waals surface area contributed by atoms with E-state index < -0.39 is 10.8 Å². The highest BCUT2D eigenvalue weighted by molar-refractivity contribution is 8.25. The fourth-order valence-corrected chi connectivity index (χ4v) is 5.31. The molecule has 1 aliphatic heterocycles. The van der Waals surface area contributed by atoms with Gasteiger partial charge in [-0.3, -0.25) is 28.5 Å². The lowest BCUT2D eigenvalue weighted by atomic mass is 10.2. The van der Waals surface area contributed by atoms with Crippen LogP contribution >= 0.6 is 10.8 Å². The number of anilines is 1. The van der Waals surface area contributed by atoms with Crippen LogP contribution in [0.2, 0.25) is 0 Å². The van der Waals surface area contributed by atoms with E-state index in [1.807, 2.05) is 18.2 Å². The zero-order valence-corrected chi connectivity index (χ0v) is 17.3. The van der Waals surface area contributed by atoms with Crippen LogP contribution in [-0.4, -0.2) is 56.6 Å². The molecule has 0 unspecified atom stereocenters. The number of fused-ring (bicyclic) bond motifs is 1. The Hall–Kier alpha value is -3.28. The third-order valence-corrected chi connectivity index (χ3v) is 7.05. The van der Waals surface area contributed by atoms with Crippen molar-refractivity contribution < 1.29 is 14.2 Å². The molecular weight excluding hydrogens is 418 g/mol. The SMILES string of the molecule is Oc1c(-c2n[nH]c(Cc3ccccn3)n2)nc(N2CCCCS2(O)O)c2cccnc12. The molecule has 1 saturated heterocycles. The summed E-state index contributed by atoms with van der Waals surface area (Å²) in [6, 6.07) is 9.09. The lowest BCUT2D eigenvalue weighted by Gasteiger charge is -2.47. The summed E-state index contributed by atoms with van der Waals surface area (Å²) in [4.78, 5) is 17.6. The normalized spacial score (nSPS) is 17.0. The van der Waals surface area contributed by atoms with Crippen LogP contribution in [0.1, 0.15) is 24.4 Å². The first-order valence-electron chi connectivity index (χ1n) is 9.86. The molecule has 0 bridgehead atoms. The average molecular weight is 440 g/mol. The first kappa shape index (κ1) is 19.7. The Kier molecular flexibility index (Phi) is 4.93. The lowest BCUT2D eigenvalue weighted by Crippen LogP contribution is -2.35. The minimum atomic E-state index is -3.01.